The van der Waals surface area contributed by atoms with Crippen LogP contribution in [0.2, 0.25) is 0 Å². The second kappa shape index (κ2) is 4.33. The van der Waals surface area contributed by atoms with Gasteiger partial charge in [-0.05, 0) is 13.8 Å². The maximum absolute atomic E-state index is 11.6. The highest BCUT2D eigenvalue weighted by Crippen LogP contribution is 2.20. The first-order valence-electron chi connectivity index (χ1n) is 3.70. The molecule has 12 heavy (non-hydrogen) atoms. The van der Waals surface area contributed by atoms with Crippen LogP contribution in [0.4, 0.5) is 13.2 Å². The van der Waals surface area contributed by atoms with Crippen LogP contribution >= 0.6 is 0 Å². The molecule has 0 aromatic rings. The fourth-order valence-corrected chi connectivity index (χ4v) is 0.666. The molecule has 0 saturated carbocycles. The summed E-state index contributed by atoms with van der Waals surface area (Å²) in [5.74, 6) is 0.0716. The molecular weight excluding hydrogens is 169 g/mol. The summed E-state index contributed by atoms with van der Waals surface area (Å²) in [4.78, 5) is 3.77. The lowest BCUT2D eigenvalue weighted by Crippen LogP contribution is -2.18. The molecule has 0 saturated heterocycles. The number of hydrogen-bond donors (Lipinski definition) is 1. The molecule has 0 bridgehead atoms. The third-order valence-electron chi connectivity index (χ3n) is 1.09. The quantitative estimate of drug-likeness (QED) is 0.526. The molecule has 0 amide bonds. The van der Waals surface area contributed by atoms with Crippen LogP contribution in [0.1, 0.15) is 26.7 Å². The normalized spacial score (nSPS) is 14.0. The van der Waals surface area contributed by atoms with E-state index in [1.165, 1.54) is 0 Å². The molecule has 0 fully saturated rings. The highest BCUT2D eigenvalue weighted by molar-refractivity contribution is 5.80. The van der Waals surface area contributed by atoms with Crippen molar-refractivity contribution >= 4 is 5.84 Å². The van der Waals surface area contributed by atoms with E-state index in [0.29, 0.717) is 0 Å². The Morgan fingerprint density at radius 1 is 1.42 bits per heavy atom. The Kier molecular flexibility index (Phi) is 4.06. The smallest absolute Gasteiger partial charge is 0.387 e. The van der Waals surface area contributed by atoms with E-state index < -0.39 is 12.6 Å². The Morgan fingerprint density at radius 3 is 2.25 bits per heavy atom. The van der Waals surface area contributed by atoms with Crippen LogP contribution in [0.3, 0.4) is 0 Å². The van der Waals surface area contributed by atoms with Crippen molar-refractivity contribution < 1.29 is 13.2 Å². The second-order valence-corrected chi connectivity index (χ2v) is 2.83. The molecule has 0 spiro atoms. The number of rotatable bonds is 3. The molecule has 0 aliphatic heterocycles. The average Bonchev–Trinajstić information content (AvgIpc) is 1.80. The molecule has 0 radical (unpaired) electrons. The first kappa shape index (κ1) is 11.3. The van der Waals surface area contributed by atoms with Gasteiger partial charge in [-0.15, -0.1) is 0 Å². The van der Waals surface area contributed by atoms with E-state index >= 15 is 0 Å². The Labute approximate surface area is 69.7 Å². The lowest BCUT2D eigenvalue weighted by atomic mass is 10.3. The minimum atomic E-state index is -4.14. The van der Waals surface area contributed by atoms with Crippen LogP contribution in [-0.4, -0.2) is 18.1 Å². The zero-order chi connectivity index (χ0) is 9.78. The number of aliphatic imine (C=N–C) groups is 1. The van der Waals surface area contributed by atoms with Crippen molar-refractivity contribution in [3.8, 4) is 0 Å². The first-order chi connectivity index (χ1) is 5.31. The van der Waals surface area contributed by atoms with Crippen LogP contribution < -0.4 is 5.73 Å². The molecular formula is C7H13F3N2. The van der Waals surface area contributed by atoms with Gasteiger partial charge in [0.1, 0.15) is 0 Å². The maximum Gasteiger partial charge on any atom is 0.389 e. The van der Waals surface area contributed by atoms with Gasteiger partial charge in [-0.1, -0.05) is 0 Å². The topological polar surface area (TPSA) is 38.4 Å². The first-order valence-corrected chi connectivity index (χ1v) is 3.70. The van der Waals surface area contributed by atoms with Gasteiger partial charge < -0.3 is 5.73 Å². The highest BCUT2D eigenvalue weighted by Gasteiger charge is 2.26. The summed E-state index contributed by atoms with van der Waals surface area (Å²) >= 11 is 0. The molecule has 5 heteroatoms. The Bertz CT molecular complexity index is 161. The molecule has 0 aromatic heterocycles. The number of nitrogens with zero attached hydrogens (tertiary/aromatic N) is 1. The number of amidine groups is 1. The fraction of sp³-hybridized carbons (Fsp3) is 0.857. The van der Waals surface area contributed by atoms with Crippen molar-refractivity contribution in [2.75, 3.05) is 0 Å². The Hall–Kier alpha value is -0.740. The van der Waals surface area contributed by atoms with E-state index in [-0.39, 0.29) is 18.3 Å². The summed E-state index contributed by atoms with van der Waals surface area (Å²) in [5, 5.41) is 0. The molecule has 0 rings (SSSR count). The predicted molar refractivity (Wildman–Crippen MR) is 42.0 cm³/mol. The van der Waals surface area contributed by atoms with E-state index in [2.05, 4.69) is 4.99 Å². The van der Waals surface area contributed by atoms with E-state index in [0.717, 1.165) is 0 Å². The van der Waals surface area contributed by atoms with Gasteiger partial charge in [-0.25, -0.2) is 0 Å². The summed E-state index contributed by atoms with van der Waals surface area (Å²) in [6.45, 7) is 3.53. The zero-order valence-electron chi connectivity index (χ0n) is 7.15. The lowest BCUT2D eigenvalue weighted by molar-refractivity contribution is -0.132. The van der Waals surface area contributed by atoms with Gasteiger partial charge in [-0.3, -0.25) is 4.99 Å². The Balaban J connectivity index is 3.79. The summed E-state index contributed by atoms with van der Waals surface area (Å²) in [7, 11) is 0. The van der Waals surface area contributed by atoms with Gasteiger partial charge in [-0.2, -0.15) is 13.2 Å². The van der Waals surface area contributed by atoms with Gasteiger partial charge >= 0.3 is 6.18 Å². The molecule has 2 N–H and O–H groups in total. The van der Waals surface area contributed by atoms with Crippen molar-refractivity contribution in [2.45, 2.75) is 38.9 Å². The third-order valence-corrected chi connectivity index (χ3v) is 1.09. The summed E-state index contributed by atoms with van der Waals surface area (Å²) < 4.78 is 34.9. The largest absolute Gasteiger partial charge is 0.389 e. The van der Waals surface area contributed by atoms with Gasteiger partial charge in [0.15, 0.2) is 0 Å². The molecule has 0 aliphatic rings. The number of halogens is 3. The van der Waals surface area contributed by atoms with E-state index in [1.54, 1.807) is 13.8 Å². The lowest BCUT2D eigenvalue weighted by Gasteiger charge is -2.06. The van der Waals surface area contributed by atoms with E-state index in [1.807, 2.05) is 0 Å². The summed E-state index contributed by atoms with van der Waals surface area (Å²) in [5.41, 5.74) is 5.23. The van der Waals surface area contributed by atoms with Crippen LogP contribution in [0.25, 0.3) is 0 Å². The van der Waals surface area contributed by atoms with Gasteiger partial charge in [0.25, 0.3) is 0 Å². The summed E-state index contributed by atoms with van der Waals surface area (Å²) in [6, 6.07) is -0.0433. The fourth-order valence-electron chi connectivity index (χ4n) is 0.666. The van der Waals surface area contributed by atoms with Gasteiger partial charge in [0.2, 0.25) is 0 Å². The molecule has 72 valence electrons. The minimum absolute atomic E-state index is 0.0433. The summed E-state index contributed by atoms with van der Waals surface area (Å²) in [6.07, 6.45) is -5.24. The average molecular weight is 182 g/mol. The van der Waals surface area contributed by atoms with Crippen LogP contribution in [-0.2, 0) is 0 Å². The van der Waals surface area contributed by atoms with Crippen LogP contribution in [0.15, 0.2) is 4.99 Å². The molecule has 0 unspecified atom stereocenters. The van der Waals surface area contributed by atoms with Crippen molar-refractivity contribution in [1.29, 1.82) is 0 Å². The van der Waals surface area contributed by atoms with E-state index in [9.17, 15) is 13.2 Å². The SMILES string of the molecule is CC(C)N=C(N)CCC(F)(F)F. The predicted octanol–water partition coefficient (Wildman–Crippen LogP) is 2.09. The molecule has 0 heterocycles. The highest BCUT2D eigenvalue weighted by atomic mass is 19.4. The number of nitrogens with two attached hydrogens (primary N) is 1. The number of hydrogen-bond acceptors (Lipinski definition) is 1. The maximum atomic E-state index is 11.6. The van der Waals surface area contributed by atoms with Crippen molar-refractivity contribution in [1.82, 2.24) is 0 Å². The van der Waals surface area contributed by atoms with E-state index in [4.69, 9.17) is 5.73 Å². The van der Waals surface area contributed by atoms with Crippen molar-refractivity contribution in [2.24, 2.45) is 10.7 Å². The molecule has 0 aromatic carbocycles. The minimum Gasteiger partial charge on any atom is -0.387 e. The monoisotopic (exact) mass is 182 g/mol. The van der Waals surface area contributed by atoms with Crippen LogP contribution in [0.5, 0.6) is 0 Å². The standard InChI is InChI=1S/C7H13F3N2/c1-5(2)12-6(11)3-4-7(8,9)10/h5H,3-4H2,1-2H3,(H2,11,12). The molecule has 0 atom stereocenters. The van der Waals surface area contributed by atoms with Gasteiger partial charge in [0.05, 0.1) is 12.3 Å². The molecule has 0 aliphatic carbocycles. The molecule has 2 nitrogen and oxygen atoms in total. The zero-order valence-corrected chi connectivity index (χ0v) is 7.15. The Morgan fingerprint density at radius 2 is 1.92 bits per heavy atom. The van der Waals surface area contributed by atoms with Gasteiger partial charge in [0, 0.05) is 12.5 Å². The van der Waals surface area contributed by atoms with Crippen molar-refractivity contribution in [3.05, 3.63) is 0 Å². The third kappa shape index (κ3) is 7.37. The number of alkyl halides is 3. The van der Waals surface area contributed by atoms with Crippen LogP contribution in [0, 0.1) is 0 Å². The second-order valence-electron chi connectivity index (χ2n) is 2.83. The van der Waals surface area contributed by atoms with Crippen molar-refractivity contribution in [3.63, 3.8) is 0 Å².